The molecule has 2 aliphatic rings. The summed E-state index contributed by atoms with van der Waals surface area (Å²) in [6, 6.07) is 2.36. The molecule has 0 atom stereocenters. The van der Waals surface area contributed by atoms with Crippen LogP contribution in [-0.2, 0) is 0 Å². The number of nitrogens with one attached hydrogen (secondary N) is 1. The average molecular weight is 238 g/mol. The van der Waals surface area contributed by atoms with Gasteiger partial charge in [-0.3, -0.25) is 0 Å². The summed E-state index contributed by atoms with van der Waals surface area (Å²) < 4.78 is 0. The van der Waals surface area contributed by atoms with E-state index in [2.05, 4.69) is 24.1 Å². The lowest BCUT2D eigenvalue weighted by Gasteiger charge is -2.36. The second kappa shape index (κ2) is 6.75. The van der Waals surface area contributed by atoms with Gasteiger partial charge in [0, 0.05) is 18.1 Å². The quantitative estimate of drug-likeness (QED) is 0.760. The summed E-state index contributed by atoms with van der Waals surface area (Å²) in [6.45, 7) is 7.22. The minimum absolute atomic E-state index is 0.730. The van der Waals surface area contributed by atoms with Crippen molar-refractivity contribution in [1.29, 1.82) is 0 Å². The highest BCUT2D eigenvalue weighted by Crippen LogP contribution is 2.20. The van der Waals surface area contributed by atoms with E-state index < -0.39 is 0 Å². The third-order valence-electron chi connectivity index (χ3n) is 4.59. The summed E-state index contributed by atoms with van der Waals surface area (Å²) in [7, 11) is 0. The number of piperidine rings is 1. The van der Waals surface area contributed by atoms with Gasteiger partial charge < -0.3 is 10.2 Å². The summed E-state index contributed by atoms with van der Waals surface area (Å²) in [5.41, 5.74) is 0. The molecule has 0 aromatic carbocycles. The lowest BCUT2D eigenvalue weighted by molar-refractivity contribution is 0.155. The van der Waals surface area contributed by atoms with Crippen LogP contribution in [0.4, 0.5) is 0 Å². The first kappa shape index (κ1) is 13.4. The van der Waals surface area contributed by atoms with Crippen LogP contribution in [0, 0.1) is 0 Å². The molecule has 2 heteroatoms. The largest absolute Gasteiger partial charge is 0.311 e. The second-order valence-corrected chi connectivity index (χ2v) is 6.26. The maximum absolute atomic E-state index is 3.93. The molecule has 0 aromatic heterocycles. The smallest absolute Gasteiger partial charge is 0.00940 e. The molecular formula is C15H30N2. The van der Waals surface area contributed by atoms with Gasteiger partial charge in [0.25, 0.3) is 0 Å². The van der Waals surface area contributed by atoms with E-state index in [-0.39, 0.29) is 0 Å². The fourth-order valence-corrected chi connectivity index (χ4v) is 3.36. The summed E-state index contributed by atoms with van der Waals surface area (Å²) in [4.78, 5) is 2.62. The molecule has 17 heavy (non-hydrogen) atoms. The summed E-state index contributed by atoms with van der Waals surface area (Å²) in [5, 5.41) is 3.93. The molecule has 2 fully saturated rings. The van der Waals surface area contributed by atoms with Crippen molar-refractivity contribution in [3.8, 4) is 0 Å². The minimum Gasteiger partial charge on any atom is -0.311 e. The Balaban J connectivity index is 1.69. The Bertz CT molecular complexity index is 199. The molecule has 0 radical (unpaired) electrons. The molecule has 1 heterocycles. The molecule has 2 nitrogen and oxygen atoms in total. The van der Waals surface area contributed by atoms with Crippen molar-refractivity contribution in [2.24, 2.45) is 0 Å². The van der Waals surface area contributed by atoms with Crippen molar-refractivity contribution in [2.75, 3.05) is 13.1 Å². The van der Waals surface area contributed by atoms with Crippen molar-refractivity contribution in [3.05, 3.63) is 0 Å². The van der Waals surface area contributed by atoms with E-state index in [0.29, 0.717) is 0 Å². The summed E-state index contributed by atoms with van der Waals surface area (Å²) >= 11 is 0. The zero-order valence-corrected chi connectivity index (χ0v) is 11.8. The Hall–Kier alpha value is -0.0800. The normalized spacial score (nSPS) is 26.3. The Morgan fingerprint density at radius 1 is 0.824 bits per heavy atom. The molecule has 100 valence electrons. The first-order valence-corrected chi connectivity index (χ1v) is 7.76. The van der Waals surface area contributed by atoms with Crippen LogP contribution in [-0.4, -0.2) is 36.1 Å². The standard InChI is InChI=1S/C15H30N2/c1-13(2)17-11-9-15(10-12-17)16-14-7-5-3-4-6-8-14/h13-16H,3-12H2,1-2H3. The van der Waals surface area contributed by atoms with Crippen LogP contribution in [0.1, 0.15) is 65.2 Å². The van der Waals surface area contributed by atoms with Crippen molar-refractivity contribution >= 4 is 0 Å². The van der Waals surface area contributed by atoms with Gasteiger partial charge in [-0.1, -0.05) is 25.7 Å². The topological polar surface area (TPSA) is 15.3 Å². The number of hydrogen-bond donors (Lipinski definition) is 1. The predicted octanol–water partition coefficient (Wildman–Crippen LogP) is 3.17. The Morgan fingerprint density at radius 2 is 1.35 bits per heavy atom. The Morgan fingerprint density at radius 3 is 1.88 bits per heavy atom. The molecule has 1 aliphatic carbocycles. The lowest BCUT2D eigenvalue weighted by atomic mass is 10.0. The average Bonchev–Trinajstić information content (AvgIpc) is 2.58. The number of nitrogens with zero attached hydrogens (tertiary/aromatic N) is 1. The van der Waals surface area contributed by atoms with Crippen LogP contribution in [0.3, 0.4) is 0 Å². The van der Waals surface area contributed by atoms with Crippen molar-refractivity contribution in [3.63, 3.8) is 0 Å². The van der Waals surface area contributed by atoms with E-state index in [1.165, 1.54) is 64.5 Å². The van der Waals surface area contributed by atoms with Crippen molar-refractivity contribution in [1.82, 2.24) is 10.2 Å². The molecule has 0 unspecified atom stereocenters. The van der Waals surface area contributed by atoms with Gasteiger partial charge in [0.1, 0.15) is 0 Å². The molecular weight excluding hydrogens is 208 g/mol. The van der Waals surface area contributed by atoms with Crippen LogP contribution in [0.15, 0.2) is 0 Å². The van der Waals surface area contributed by atoms with Crippen molar-refractivity contribution in [2.45, 2.75) is 83.3 Å². The number of hydrogen-bond acceptors (Lipinski definition) is 2. The number of rotatable bonds is 3. The van der Waals surface area contributed by atoms with E-state index in [0.717, 1.165) is 18.1 Å². The molecule has 1 N–H and O–H groups in total. The molecule has 1 saturated heterocycles. The van der Waals surface area contributed by atoms with Gasteiger partial charge >= 0.3 is 0 Å². The lowest BCUT2D eigenvalue weighted by Crippen LogP contribution is -2.47. The van der Waals surface area contributed by atoms with Crippen molar-refractivity contribution < 1.29 is 0 Å². The minimum atomic E-state index is 0.730. The Kier molecular flexibility index (Phi) is 5.30. The van der Waals surface area contributed by atoms with E-state index in [9.17, 15) is 0 Å². The van der Waals surface area contributed by atoms with Gasteiger partial charge in [0.05, 0.1) is 0 Å². The molecule has 1 saturated carbocycles. The predicted molar refractivity (Wildman–Crippen MR) is 74.4 cm³/mol. The highest BCUT2D eigenvalue weighted by atomic mass is 15.2. The van der Waals surface area contributed by atoms with Gasteiger partial charge in [-0.2, -0.15) is 0 Å². The summed E-state index contributed by atoms with van der Waals surface area (Å²) in [6.07, 6.45) is 11.4. The maximum atomic E-state index is 3.93. The van der Waals surface area contributed by atoms with E-state index in [4.69, 9.17) is 0 Å². The van der Waals surface area contributed by atoms with Gasteiger partial charge in [-0.05, 0) is 52.6 Å². The molecule has 0 amide bonds. The van der Waals surface area contributed by atoms with E-state index in [1.807, 2.05) is 0 Å². The van der Waals surface area contributed by atoms with E-state index in [1.54, 1.807) is 0 Å². The zero-order chi connectivity index (χ0) is 12.1. The fraction of sp³-hybridized carbons (Fsp3) is 1.00. The van der Waals surface area contributed by atoms with Gasteiger partial charge in [0.2, 0.25) is 0 Å². The van der Waals surface area contributed by atoms with Crippen LogP contribution >= 0.6 is 0 Å². The van der Waals surface area contributed by atoms with Gasteiger partial charge in [0.15, 0.2) is 0 Å². The SMILES string of the molecule is CC(C)N1CCC(NC2CCCCCC2)CC1. The first-order chi connectivity index (χ1) is 8.25. The van der Waals surface area contributed by atoms with Crippen LogP contribution in [0.25, 0.3) is 0 Å². The summed E-state index contributed by atoms with van der Waals surface area (Å²) in [5.74, 6) is 0. The molecule has 1 aliphatic heterocycles. The van der Waals surface area contributed by atoms with Crippen LogP contribution in [0.2, 0.25) is 0 Å². The first-order valence-electron chi connectivity index (χ1n) is 7.76. The van der Waals surface area contributed by atoms with Gasteiger partial charge in [-0.25, -0.2) is 0 Å². The van der Waals surface area contributed by atoms with E-state index >= 15 is 0 Å². The van der Waals surface area contributed by atoms with Crippen LogP contribution in [0.5, 0.6) is 0 Å². The Labute approximate surface area is 107 Å². The maximum Gasteiger partial charge on any atom is 0.00940 e. The zero-order valence-electron chi connectivity index (χ0n) is 11.8. The van der Waals surface area contributed by atoms with Crippen LogP contribution < -0.4 is 5.32 Å². The highest BCUT2D eigenvalue weighted by Gasteiger charge is 2.23. The molecule has 2 rings (SSSR count). The molecule has 0 aromatic rings. The monoisotopic (exact) mass is 238 g/mol. The molecule has 0 bridgehead atoms. The third-order valence-corrected chi connectivity index (χ3v) is 4.59. The fourth-order valence-electron chi connectivity index (χ4n) is 3.36. The third kappa shape index (κ3) is 4.26. The molecule has 0 spiro atoms. The number of likely N-dealkylation sites (tertiary alicyclic amines) is 1. The highest BCUT2D eigenvalue weighted by molar-refractivity contribution is 4.82. The second-order valence-electron chi connectivity index (χ2n) is 6.26. The van der Waals surface area contributed by atoms with Gasteiger partial charge in [-0.15, -0.1) is 0 Å².